The summed E-state index contributed by atoms with van der Waals surface area (Å²) < 4.78 is 0. The molecule has 0 radical (unpaired) electrons. The Labute approximate surface area is 171 Å². The Morgan fingerprint density at radius 2 is 2.07 bits per heavy atom. The largest absolute Gasteiger partial charge is 0.361 e. The maximum Gasteiger partial charge on any atom is 0.293 e. The van der Waals surface area contributed by atoms with Crippen LogP contribution in [0.25, 0.3) is 10.4 Å². The van der Waals surface area contributed by atoms with E-state index in [1.807, 2.05) is 12.1 Å². The fourth-order valence-electron chi connectivity index (χ4n) is 3.95. The highest BCUT2D eigenvalue weighted by Crippen LogP contribution is 2.49. The van der Waals surface area contributed by atoms with Crippen LogP contribution in [0.3, 0.4) is 0 Å². The molecule has 0 bridgehead atoms. The van der Waals surface area contributed by atoms with Crippen molar-refractivity contribution < 1.29 is 4.79 Å². The SMILES string of the molecule is [C-]#[N+]C1=CCC(C(=O)Nc2ccc(C3(C#N)CC3)cc2C2=CCC(C)(C)CC2)=N1. The van der Waals surface area contributed by atoms with Gasteiger partial charge in [-0.2, -0.15) is 5.26 Å². The average molecular weight is 384 g/mol. The molecule has 1 aromatic rings. The molecule has 1 aromatic carbocycles. The van der Waals surface area contributed by atoms with Crippen LogP contribution in [0.5, 0.6) is 0 Å². The zero-order valence-electron chi connectivity index (χ0n) is 16.9. The summed E-state index contributed by atoms with van der Waals surface area (Å²) in [6, 6.07) is 8.44. The molecule has 2 aliphatic carbocycles. The summed E-state index contributed by atoms with van der Waals surface area (Å²) in [7, 11) is 0. The van der Waals surface area contributed by atoms with E-state index in [1.54, 1.807) is 6.08 Å². The van der Waals surface area contributed by atoms with E-state index in [1.165, 1.54) is 5.57 Å². The van der Waals surface area contributed by atoms with E-state index in [-0.39, 0.29) is 22.6 Å². The number of carbonyl (C=O) groups excluding carboxylic acids is 1. The molecular formula is C24H24N4O. The molecule has 1 fully saturated rings. The van der Waals surface area contributed by atoms with Crippen LogP contribution in [0, 0.1) is 23.3 Å². The summed E-state index contributed by atoms with van der Waals surface area (Å²) in [5.74, 6) is -0.000283. The number of anilines is 1. The summed E-state index contributed by atoms with van der Waals surface area (Å²) in [5.41, 5.74) is 4.30. The molecule has 0 spiro atoms. The van der Waals surface area contributed by atoms with Gasteiger partial charge in [-0.15, -0.1) is 4.99 Å². The second-order valence-corrected chi connectivity index (χ2v) is 8.94. The number of rotatable bonds is 4. The van der Waals surface area contributed by atoms with Crippen LogP contribution < -0.4 is 5.32 Å². The van der Waals surface area contributed by atoms with Crippen molar-refractivity contribution in [3.8, 4) is 6.07 Å². The van der Waals surface area contributed by atoms with E-state index in [9.17, 15) is 10.1 Å². The second-order valence-electron chi connectivity index (χ2n) is 8.94. The maximum atomic E-state index is 12.7. The molecule has 4 rings (SSSR count). The zero-order chi connectivity index (χ0) is 20.6. The molecule has 5 heteroatoms. The number of nitriles is 1. The fraction of sp³-hybridized carbons (Fsp3) is 0.417. The number of hydrogen-bond acceptors (Lipinski definition) is 3. The lowest BCUT2D eigenvalue weighted by Crippen LogP contribution is -2.22. The molecule has 5 nitrogen and oxygen atoms in total. The monoisotopic (exact) mass is 384 g/mol. The van der Waals surface area contributed by atoms with E-state index in [4.69, 9.17) is 6.57 Å². The van der Waals surface area contributed by atoms with Crippen molar-refractivity contribution in [3.05, 3.63) is 58.7 Å². The van der Waals surface area contributed by atoms with E-state index in [0.29, 0.717) is 12.1 Å². The van der Waals surface area contributed by atoms with Crippen molar-refractivity contribution in [1.29, 1.82) is 5.26 Å². The third-order valence-corrected chi connectivity index (χ3v) is 6.21. The number of hydrogen-bond donors (Lipinski definition) is 1. The molecule has 1 heterocycles. The van der Waals surface area contributed by atoms with Crippen LogP contribution in [0.4, 0.5) is 5.69 Å². The first kappa shape index (κ1) is 19.2. The fourth-order valence-corrected chi connectivity index (χ4v) is 3.95. The highest BCUT2D eigenvalue weighted by Gasteiger charge is 2.45. The molecule has 1 amide bonds. The Kier molecular flexibility index (Phi) is 4.63. The van der Waals surface area contributed by atoms with Gasteiger partial charge in [0.1, 0.15) is 0 Å². The van der Waals surface area contributed by atoms with Crippen molar-refractivity contribution >= 4 is 22.9 Å². The molecule has 0 aromatic heterocycles. The van der Waals surface area contributed by atoms with E-state index >= 15 is 0 Å². The van der Waals surface area contributed by atoms with Gasteiger partial charge in [0.25, 0.3) is 11.7 Å². The molecule has 146 valence electrons. The molecular weight excluding hydrogens is 360 g/mol. The minimum absolute atomic E-state index is 0.271. The van der Waals surface area contributed by atoms with Crippen molar-refractivity contribution in [2.45, 2.75) is 57.8 Å². The summed E-state index contributed by atoms with van der Waals surface area (Å²) in [6.07, 6.45) is 9.14. The number of aliphatic imine (C=N–C) groups is 1. The van der Waals surface area contributed by atoms with Crippen molar-refractivity contribution in [3.63, 3.8) is 0 Å². The average Bonchev–Trinajstić information content (AvgIpc) is 3.36. The Bertz CT molecular complexity index is 1060. The van der Waals surface area contributed by atoms with Gasteiger partial charge in [0, 0.05) is 17.7 Å². The quantitative estimate of drug-likeness (QED) is 0.708. The van der Waals surface area contributed by atoms with Gasteiger partial charge in [-0.3, -0.25) is 4.79 Å². The van der Waals surface area contributed by atoms with Gasteiger partial charge >= 0.3 is 0 Å². The number of carbonyl (C=O) groups is 1. The van der Waals surface area contributed by atoms with Gasteiger partial charge in [0.2, 0.25) is 0 Å². The molecule has 1 aliphatic heterocycles. The van der Waals surface area contributed by atoms with Crippen LogP contribution in [0.15, 0.2) is 41.2 Å². The first-order valence-electron chi connectivity index (χ1n) is 10.1. The number of allylic oxidation sites excluding steroid dienone is 3. The Balaban J connectivity index is 1.67. The standard InChI is InChI=1S/C24H24N4O/c1-23(2)10-8-16(9-11-23)18-14-17(24(15-25)12-13-24)4-5-19(18)28-22(29)20-6-7-21(26-3)27-20/h4-5,7-8,14H,6,9-13H2,1-2H3,(H,28,29). The number of benzene rings is 1. The van der Waals surface area contributed by atoms with Crippen LogP contribution in [-0.2, 0) is 10.2 Å². The van der Waals surface area contributed by atoms with Crippen molar-refractivity contribution in [1.82, 2.24) is 0 Å². The smallest absolute Gasteiger partial charge is 0.293 e. The van der Waals surface area contributed by atoms with E-state index in [0.717, 1.165) is 48.9 Å². The lowest BCUT2D eigenvalue weighted by molar-refractivity contribution is -0.110. The van der Waals surface area contributed by atoms with Gasteiger partial charge in [-0.25, -0.2) is 0 Å². The molecule has 0 unspecified atom stereocenters. The minimum Gasteiger partial charge on any atom is -0.361 e. The minimum atomic E-state index is -0.365. The molecule has 1 saturated carbocycles. The Hall–Kier alpha value is -3.18. The predicted octanol–water partition coefficient (Wildman–Crippen LogP) is 5.38. The first-order chi connectivity index (χ1) is 13.9. The summed E-state index contributed by atoms with van der Waals surface area (Å²) in [4.78, 5) is 20.1. The van der Waals surface area contributed by atoms with Gasteiger partial charge in [-0.1, -0.05) is 38.6 Å². The van der Waals surface area contributed by atoms with Crippen LogP contribution in [0.2, 0.25) is 0 Å². The topological polar surface area (TPSA) is 69.6 Å². The Morgan fingerprint density at radius 1 is 1.28 bits per heavy atom. The first-order valence-corrected chi connectivity index (χ1v) is 10.1. The molecule has 1 N–H and O–H groups in total. The van der Waals surface area contributed by atoms with Gasteiger partial charge < -0.3 is 10.2 Å². The lowest BCUT2D eigenvalue weighted by Gasteiger charge is -2.29. The highest BCUT2D eigenvalue weighted by molar-refractivity contribution is 6.44. The molecule has 3 aliphatic rings. The zero-order valence-corrected chi connectivity index (χ0v) is 16.9. The molecule has 29 heavy (non-hydrogen) atoms. The summed E-state index contributed by atoms with van der Waals surface area (Å²) in [6.45, 7) is 11.6. The summed E-state index contributed by atoms with van der Waals surface area (Å²) in [5, 5.41) is 12.6. The van der Waals surface area contributed by atoms with Crippen molar-refractivity contribution in [2.75, 3.05) is 5.32 Å². The number of nitrogens with zero attached hydrogens (tertiary/aromatic N) is 3. The molecule has 0 saturated heterocycles. The van der Waals surface area contributed by atoms with Crippen molar-refractivity contribution in [2.24, 2.45) is 10.4 Å². The third-order valence-electron chi connectivity index (χ3n) is 6.21. The van der Waals surface area contributed by atoms with Gasteiger partial charge in [0.05, 0.1) is 11.5 Å². The van der Waals surface area contributed by atoms with E-state index < -0.39 is 0 Å². The van der Waals surface area contributed by atoms with Gasteiger partial charge in [0.15, 0.2) is 5.71 Å². The summed E-state index contributed by atoms with van der Waals surface area (Å²) >= 11 is 0. The Morgan fingerprint density at radius 3 is 2.66 bits per heavy atom. The molecule has 0 atom stereocenters. The highest BCUT2D eigenvalue weighted by atomic mass is 16.1. The van der Waals surface area contributed by atoms with Crippen LogP contribution in [-0.4, -0.2) is 11.6 Å². The third kappa shape index (κ3) is 3.74. The maximum absolute atomic E-state index is 12.7. The lowest BCUT2D eigenvalue weighted by atomic mass is 9.76. The van der Waals surface area contributed by atoms with Gasteiger partial charge in [-0.05, 0) is 60.8 Å². The normalized spacial score (nSPS) is 21.2. The second kappa shape index (κ2) is 7.01. The predicted molar refractivity (Wildman–Crippen MR) is 114 cm³/mol. The van der Waals surface area contributed by atoms with E-state index in [2.05, 4.69) is 47.2 Å². The number of nitrogens with one attached hydrogen (secondary N) is 1. The van der Waals surface area contributed by atoms with Crippen LogP contribution in [0.1, 0.15) is 63.5 Å². The van der Waals surface area contributed by atoms with Crippen LogP contribution >= 0.6 is 0 Å². The number of amides is 1.